The van der Waals surface area contributed by atoms with E-state index in [2.05, 4.69) is 294 Å². The molecule has 4 heterocycles. The van der Waals surface area contributed by atoms with E-state index in [-0.39, 0.29) is 38.1 Å². The van der Waals surface area contributed by atoms with Gasteiger partial charge in [-0.1, -0.05) is 144 Å². The quantitative estimate of drug-likeness (QED) is 0.114. The Morgan fingerprint density at radius 2 is 0.750 bits per heavy atom. The highest BCUT2D eigenvalue weighted by molar-refractivity contribution is 9.10. The number of halogens is 2. The zero-order chi connectivity index (χ0) is 56.5. The Bertz CT molecular complexity index is 3640. The molecule has 12 rings (SSSR count). The van der Waals surface area contributed by atoms with Gasteiger partial charge in [-0.25, -0.2) is 0 Å². The van der Waals surface area contributed by atoms with Gasteiger partial charge in [-0.15, -0.1) is 0 Å². The first-order chi connectivity index (χ1) is 38.2. The molecule has 2 saturated heterocycles. The molecule has 2 aromatic heterocycles. The summed E-state index contributed by atoms with van der Waals surface area (Å²) in [5.74, 6) is 0.871. The maximum atomic E-state index is 6.44. The normalized spacial score (nSPS) is 17.1. The molecule has 10 aromatic rings. The van der Waals surface area contributed by atoms with Crippen LogP contribution < -0.4 is 10.9 Å². The Hall–Kier alpha value is -5.71. The summed E-state index contributed by atoms with van der Waals surface area (Å²) in [5.41, 5.74) is 15.9. The van der Waals surface area contributed by atoms with Crippen molar-refractivity contribution in [1.29, 1.82) is 0 Å². The summed E-state index contributed by atoms with van der Waals surface area (Å²) in [6, 6.07) is 62.0. The molecule has 0 saturated carbocycles. The van der Waals surface area contributed by atoms with Gasteiger partial charge in [0.1, 0.15) is 0 Å². The molecule has 8 aromatic carbocycles. The maximum absolute atomic E-state index is 6.44. The summed E-state index contributed by atoms with van der Waals surface area (Å²) in [4.78, 5) is 0. The van der Waals surface area contributed by atoms with Gasteiger partial charge >= 0.3 is 14.2 Å². The van der Waals surface area contributed by atoms with E-state index in [0.717, 1.165) is 46.0 Å². The Morgan fingerprint density at radius 3 is 1.10 bits per heavy atom. The molecule has 2 fully saturated rings. The average Bonchev–Trinajstić information content (AvgIpc) is 3.38. The van der Waals surface area contributed by atoms with Gasteiger partial charge in [-0.2, -0.15) is 0 Å². The molecule has 0 amide bonds. The van der Waals surface area contributed by atoms with Crippen molar-refractivity contribution in [3.8, 4) is 22.5 Å². The zero-order valence-corrected chi connectivity index (χ0v) is 51.8. The number of rotatable bonds is 12. The minimum Gasteiger partial charge on any atom is -1.00 e. The Labute approximate surface area is 493 Å². The lowest BCUT2D eigenvalue weighted by Crippen LogP contribution is -2.41. The molecule has 2 atom stereocenters. The van der Waals surface area contributed by atoms with Gasteiger partial charge in [0.05, 0.1) is 44.5 Å². The minimum absolute atomic E-state index is 0. The van der Waals surface area contributed by atoms with Crippen molar-refractivity contribution in [2.24, 2.45) is 0 Å². The highest BCUT2D eigenvalue weighted by Gasteiger charge is 2.53. The van der Waals surface area contributed by atoms with E-state index in [9.17, 15) is 0 Å². The van der Waals surface area contributed by atoms with E-state index >= 15 is 0 Å². The number of fused-ring (bicyclic) bond motifs is 6. The second-order valence-corrected chi connectivity index (χ2v) is 26.2. The van der Waals surface area contributed by atoms with Crippen LogP contribution in [0.4, 0.5) is 0 Å². The molecule has 2 aliphatic heterocycles. The topological polar surface area (TPSA) is 46.8 Å². The molecular weight excluding hydrogens is 1110 g/mol. The average molecular weight is 1190 g/mol. The first-order valence-electron chi connectivity index (χ1n) is 28.7. The largest absolute Gasteiger partial charge is 1.00 e. The number of benzene rings is 8. The van der Waals surface area contributed by atoms with E-state index < -0.39 is 0 Å². The fraction of sp³-hybridized carbons (Fsp3) is 0.314. The van der Waals surface area contributed by atoms with Crippen molar-refractivity contribution in [3.05, 3.63) is 201 Å². The van der Waals surface area contributed by atoms with Crippen LogP contribution in [0.2, 0.25) is 0 Å². The molecular formula is C70H75B2Br2N2O4-. The van der Waals surface area contributed by atoms with Crippen LogP contribution in [0.15, 0.2) is 179 Å². The zero-order valence-electron chi connectivity index (χ0n) is 49.6. The number of para-hydroxylation sites is 2. The lowest BCUT2D eigenvalue weighted by Gasteiger charge is -2.32. The maximum Gasteiger partial charge on any atom is 0.495 e. The summed E-state index contributed by atoms with van der Waals surface area (Å²) in [6.45, 7) is 26.1. The molecule has 6 nitrogen and oxygen atoms in total. The lowest BCUT2D eigenvalue weighted by atomic mass is 9.71. The van der Waals surface area contributed by atoms with E-state index in [1.54, 1.807) is 0 Å². The Balaban J connectivity index is 0.000000180. The van der Waals surface area contributed by atoms with Crippen molar-refractivity contribution in [2.45, 2.75) is 143 Å². The molecule has 80 heavy (non-hydrogen) atoms. The number of aryl methyl sites for hydroxylation is 2. The van der Waals surface area contributed by atoms with Crippen LogP contribution in [0.1, 0.15) is 131 Å². The molecule has 410 valence electrons. The fourth-order valence-corrected chi connectivity index (χ4v) is 12.1. The molecule has 2 aliphatic rings. The van der Waals surface area contributed by atoms with Crippen LogP contribution in [0.25, 0.3) is 66.1 Å². The number of nitrogens with zero attached hydrogens (tertiary/aromatic N) is 2. The summed E-state index contributed by atoms with van der Waals surface area (Å²) < 4.78 is 32.6. The van der Waals surface area contributed by atoms with E-state index in [1.807, 2.05) is 0 Å². The predicted molar refractivity (Wildman–Crippen MR) is 346 cm³/mol. The van der Waals surface area contributed by atoms with Gasteiger partial charge in [0.15, 0.2) is 0 Å². The standard InChI is InChI=1S/C36H22Br2N2.C34H52B2O4.H/c37-25-11-15-27(16-12-25)39-33-7-3-1-5-29(33)31-21-23(9-19-35(31)39)24-10-20-36-32(22-24)30-6-2-4-8-34(30)40(36)28-17-13-26(38)14-18-28;1-13-23(3)27-21-25(17-19-29(27)35-37-31(5,6)32(7,8)38-35)15-16-26-18-20-30(28(22-26)24(4)14-2)36-39-33(9,10)34(11,12)40-36;/h1-22H;17-24H,13-16H2,1-12H3;/q;;-1. The highest BCUT2D eigenvalue weighted by Crippen LogP contribution is 2.41. The van der Waals surface area contributed by atoms with Crippen molar-refractivity contribution >= 4 is 101 Å². The van der Waals surface area contributed by atoms with Crippen LogP contribution in [0.3, 0.4) is 0 Å². The number of hydrogen-bond acceptors (Lipinski definition) is 4. The molecule has 0 bridgehead atoms. The third-order valence-electron chi connectivity index (χ3n) is 18.2. The van der Waals surface area contributed by atoms with Gasteiger partial charge < -0.3 is 29.2 Å². The first kappa shape index (κ1) is 56.2. The summed E-state index contributed by atoms with van der Waals surface area (Å²) in [7, 11) is -0.660. The third-order valence-corrected chi connectivity index (χ3v) is 19.2. The van der Waals surface area contributed by atoms with Gasteiger partial charge in [0, 0.05) is 41.9 Å². The molecule has 0 spiro atoms. The lowest BCUT2D eigenvalue weighted by molar-refractivity contribution is 0.00578. The summed E-state index contributed by atoms with van der Waals surface area (Å²) in [6.07, 6.45) is 4.13. The van der Waals surface area contributed by atoms with Gasteiger partial charge in [0.2, 0.25) is 0 Å². The van der Waals surface area contributed by atoms with E-state index in [4.69, 9.17) is 18.6 Å². The molecule has 2 unspecified atom stereocenters. The SMILES string of the molecule is Brc1ccc(-n2c3ccccc3c3cc(-c4ccc5c(c4)c4ccccc4n5-c4ccc(Br)cc4)ccc32)cc1.CCC(C)c1cc(CCc2ccc(B3OC(C)(C)C(C)(C)O3)c(C(C)CC)c2)ccc1B1OC(C)(C)C(C)(C)O1.[H-]. The smallest absolute Gasteiger partial charge is 0.495 e. The molecule has 0 aliphatic carbocycles. The highest BCUT2D eigenvalue weighted by atomic mass is 79.9. The number of aromatic nitrogens is 2. The van der Waals surface area contributed by atoms with Crippen molar-refractivity contribution < 1.29 is 20.0 Å². The molecule has 0 N–H and O–H groups in total. The van der Waals surface area contributed by atoms with E-state index in [0.29, 0.717) is 11.8 Å². The summed E-state index contributed by atoms with van der Waals surface area (Å²) in [5, 5.41) is 5.03. The van der Waals surface area contributed by atoms with Crippen molar-refractivity contribution in [3.63, 3.8) is 0 Å². The third kappa shape index (κ3) is 10.5. The minimum atomic E-state index is -0.345. The number of hydrogen-bond donors (Lipinski definition) is 0. The molecule has 0 radical (unpaired) electrons. The van der Waals surface area contributed by atoms with Gasteiger partial charge in [0.25, 0.3) is 0 Å². The Kier molecular flexibility index (Phi) is 15.4. The van der Waals surface area contributed by atoms with Crippen LogP contribution in [-0.2, 0) is 31.5 Å². The fourth-order valence-electron chi connectivity index (χ4n) is 11.6. The summed E-state index contributed by atoms with van der Waals surface area (Å²) >= 11 is 7.16. The predicted octanol–water partition coefficient (Wildman–Crippen LogP) is 18.3. The van der Waals surface area contributed by atoms with Crippen LogP contribution in [-0.4, -0.2) is 45.8 Å². The first-order valence-corrected chi connectivity index (χ1v) is 30.3. The van der Waals surface area contributed by atoms with Crippen LogP contribution in [0, 0.1) is 0 Å². The Morgan fingerprint density at radius 1 is 0.412 bits per heavy atom. The van der Waals surface area contributed by atoms with E-state index in [1.165, 1.54) is 87.9 Å². The van der Waals surface area contributed by atoms with Gasteiger partial charge in [-0.3, -0.25) is 0 Å². The van der Waals surface area contributed by atoms with Crippen LogP contribution >= 0.6 is 31.9 Å². The second kappa shape index (κ2) is 21.9. The monoisotopic (exact) mass is 1190 g/mol. The molecule has 10 heteroatoms. The van der Waals surface area contributed by atoms with Crippen LogP contribution in [0.5, 0.6) is 0 Å². The van der Waals surface area contributed by atoms with Crippen molar-refractivity contribution in [2.75, 3.05) is 0 Å². The van der Waals surface area contributed by atoms with Gasteiger partial charge in [-0.05, 0) is 222 Å². The second-order valence-electron chi connectivity index (χ2n) is 24.3. The van der Waals surface area contributed by atoms with Crippen molar-refractivity contribution in [1.82, 2.24) is 9.13 Å².